The van der Waals surface area contributed by atoms with Crippen LogP contribution in [0, 0.1) is 11.8 Å². The Labute approximate surface area is 291 Å². The van der Waals surface area contributed by atoms with Gasteiger partial charge in [0, 0.05) is 78.7 Å². The summed E-state index contributed by atoms with van der Waals surface area (Å²) in [6.45, 7) is 5.83. The normalized spacial score (nSPS) is 19.5. The van der Waals surface area contributed by atoms with Crippen LogP contribution < -0.4 is 10.2 Å². The van der Waals surface area contributed by atoms with Crippen LogP contribution in [0.25, 0.3) is 22.0 Å². The molecule has 2 atom stereocenters. The summed E-state index contributed by atoms with van der Waals surface area (Å²) in [5.41, 5.74) is 4.37. The molecule has 3 aliphatic heterocycles. The van der Waals surface area contributed by atoms with Crippen molar-refractivity contribution >= 4 is 62.2 Å². The molecule has 3 aromatic heterocycles. The molecule has 2 saturated heterocycles. The number of thiazole rings is 1. The number of benzene rings is 2. The van der Waals surface area contributed by atoms with Gasteiger partial charge in [-0.05, 0) is 55.6 Å². The Balaban J connectivity index is 1.03. The maximum Gasteiger partial charge on any atom is 0.257 e. The van der Waals surface area contributed by atoms with Crippen molar-refractivity contribution in [2.75, 3.05) is 49.5 Å². The minimum Gasteiger partial charge on any atom is -0.396 e. The largest absolute Gasteiger partial charge is 0.396 e. The van der Waals surface area contributed by atoms with Crippen LogP contribution in [0.3, 0.4) is 0 Å². The first kappa shape index (κ1) is 31.7. The Morgan fingerprint density at radius 1 is 1.10 bits per heavy atom. The molecule has 0 aliphatic carbocycles. The highest BCUT2D eigenvalue weighted by Crippen LogP contribution is 2.40. The van der Waals surface area contributed by atoms with E-state index in [-0.39, 0.29) is 13.0 Å². The maximum atomic E-state index is 14.4. The number of alkyl halides is 1. The van der Waals surface area contributed by atoms with Crippen molar-refractivity contribution < 1.29 is 14.3 Å². The number of fused-ring (bicyclic) bond motifs is 2. The summed E-state index contributed by atoms with van der Waals surface area (Å²) in [6, 6.07) is 9.16. The highest BCUT2D eigenvalue weighted by atomic mass is 35.5. The molecule has 3 aliphatic rings. The Morgan fingerprint density at radius 3 is 2.62 bits per heavy atom. The summed E-state index contributed by atoms with van der Waals surface area (Å²) in [4.78, 5) is 27.4. The highest BCUT2D eigenvalue weighted by molar-refractivity contribution is 7.13. The van der Waals surface area contributed by atoms with E-state index in [4.69, 9.17) is 28.3 Å². The maximum absolute atomic E-state index is 14.4. The number of anilines is 2. The number of hydrogen-bond acceptors (Lipinski definition) is 8. The van der Waals surface area contributed by atoms with Gasteiger partial charge >= 0.3 is 0 Å². The molecular weight excluding hydrogens is 674 g/mol. The van der Waals surface area contributed by atoms with Crippen LogP contribution in [-0.2, 0) is 17.8 Å². The molecule has 8 rings (SSSR count). The number of aliphatic hydroxyl groups excluding tert-OH is 1. The van der Waals surface area contributed by atoms with Gasteiger partial charge in [0.1, 0.15) is 11.7 Å². The Bertz CT molecular complexity index is 1930. The average molecular weight is 710 g/mol. The summed E-state index contributed by atoms with van der Waals surface area (Å²) < 4.78 is 17.6. The lowest BCUT2D eigenvalue weighted by Gasteiger charge is -2.44. The van der Waals surface area contributed by atoms with Crippen molar-refractivity contribution in [1.29, 1.82) is 0 Å². The molecule has 0 saturated carbocycles. The quantitative estimate of drug-likeness (QED) is 0.196. The van der Waals surface area contributed by atoms with Crippen molar-refractivity contribution in [1.82, 2.24) is 29.2 Å². The van der Waals surface area contributed by atoms with Gasteiger partial charge < -0.3 is 19.5 Å². The summed E-state index contributed by atoms with van der Waals surface area (Å²) in [5.74, 6) is 0.712. The van der Waals surface area contributed by atoms with Crippen molar-refractivity contribution in [3.8, 4) is 11.1 Å². The number of rotatable bonds is 9. The van der Waals surface area contributed by atoms with E-state index in [0.29, 0.717) is 55.9 Å². The third kappa shape index (κ3) is 5.98. The van der Waals surface area contributed by atoms with Crippen molar-refractivity contribution in [3.63, 3.8) is 0 Å². The molecule has 48 heavy (non-hydrogen) atoms. The van der Waals surface area contributed by atoms with Gasteiger partial charge in [0.15, 0.2) is 11.2 Å². The summed E-state index contributed by atoms with van der Waals surface area (Å²) in [5, 5.41) is 20.8. The number of aliphatic hydroxyl groups is 1. The molecule has 5 aromatic rings. The van der Waals surface area contributed by atoms with E-state index < -0.39 is 18.1 Å². The molecule has 0 bridgehead atoms. The molecule has 2 fully saturated rings. The Morgan fingerprint density at radius 2 is 1.90 bits per heavy atom. The monoisotopic (exact) mass is 708 g/mol. The molecule has 2 aromatic carbocycles. The number of carbonyl (C=O) groups excluding carboxylic acids is 1. The molecule has 0 radical (unpaired) electrons. The fraction of sp³-hybridized carbons (Fsp3) is 0.412. The zero-order valence-corrected chi connectivity index (χ0v) is 28.4. The van der Waals surface area contributed by atoms with Crippen LogP contribution in [0.5, 0.6) is 0 Å². The molecule has 1 unspecified atom stereocenters. The van der Waals surface area contributed by atoms with Crippen molar-refractivity contribution in [2.24, 2.45) is 11.8 Å². The fourth-order valence-corrected chi connectivity index (χ4v) is 8.36. The zero-order chi connectivity index (χ0) is 32.9. The van der Waals surface area contributed by atoms with E-state index in [1.54, 1.807) is 28.7 Å². The lowest BCUT2D eigenvalue weighted by atomic mass is 9.94. The molecule has 14 heteroatoms. The second kappa shape index (κ2) is 13.1. The first-order valence-electron chi connectivity index (χ1n) is 16.3. The number of halogens is 3. The third-order valence-corrected chi connectivity index (χ3v) is 11.3. The summed E-state index contributed by atoms with van der Waals surface area (Å²) >= 11 is 15.2. The van der Waals surface area contributed by atoms with E-state index >= 15 is 0 Å². The second-order valence-corrected chi connectivity index (χ2v) is 14.8. The van der Waals surface area contributed by atoms with Crippen LogP contribution >= 0.6 is 34.5 Å². The fourth-order valence-electron chi connectivity index (χ4n) is 7.28. The standard InChI is InChI=1S/C34H35Cl2FN8O2S/c35-27-12-25(22-1-3-24(4-2-22)43-14-21(15-43)13-42-8-5-20(18-46)6-9-42)29(36)30-26(27)17-45(41-30)32(33(47)40-34-38-7-10-48-34)31-28-11-23(37)16-44(28)19-39-31/h1-4,7,10,12,17,19-21,23,32,46H,5-6,8-9,11,13-16,18H2,(H,38,40,47)/t23-,32?/m1/s1. The number of piperidine rings is 1. The van der Waals surface area contributed by atoms with Gasteiger partial charge in [-0.1, -0.05) is 35.3 Å². The van der Waals surface area contributed by atoms with E-state index in [2.05, 4.69) is 49.4 Å². The predicted molar refractivity (Wildman–Crippen MR) is 187 cm³/mol. The predicted octanol–water partition coefficient (Wildman–Crippen LogP) is 5.93. The molecule has 1 amide bonds. The lowest BCUT2D eigenvalue weighted by Crippen LogP contribution is -2.52. The second-order valence-electron chi connectivity index (χ2n) is 13.1. The lowest BCUT2D eigenvalue weighted by molar-refractivity contribution is -0.118. The molecular formula is C34H35Cl2FN8O2S. The van der Waals surface area contributed by atoms with Gasteiger partial charge in [0.25, 0.3) is 5.91 Å². The molecule has 2 N–H and O–H groups in total. The van der Waals surface area contributed by atoms with Gasteiger partial charge in [-0.3, -0.25) is 14.8 Å². The topological polar surface area (TPSA) is 104 Å². The SMILES string of the molecule is O=C(Nc1nccs1)C(c1ncn2c1C[C@@H](F)C2)n1cc2c(Cl)cc(-c3ccc(N4CC(CN5CCC(CO)CC5)C4)cc3)c(Cl)c2n1. The van der Waals surface area contributed by atoms with E-state index in [1.807, 2.05) is 6.07 Å². The van der Waals surface area contributed by atoms with Gasteiger partial charge in [-0.25, -0.2) is 14.4 Å². The van der Waals surface area contributed by atoms with Crippen LogP contribution in [0.2, 0.25) is 10.0 Å². The smallest absolute Gasteiger partial charge is 0.257 e. The minimum atomic E-state index is -1.04. The van der Waals surface area contributed by atoms with Gasteiger partial charge in [-0.2, -0.15) is 5.10 Å². The number of imidazole rings is 1. The van der Waals surface area contributed by atoms with Gasteiger partial charge in [-0.15, -0.1) is 11.3 Å². The van der Waals surface area contributed by atoms with Crippen molar-refractivity contribution in [2.45, 2.75) is 38.0 Å². The summed E-state index contributed by atoms with van der Waals surface area (Å²) in [6.07, 6.45) is 6.18. The number of nitrogens with one attached hydrogen (secondary N) is 1. The van der Waals surface area contributed by atoms with Crippen molar-refractivity contribution in [3.05, 3.63) is 75.9 Å². The van der Waals surface area contributed by atoms with Crippen LogP contribution in [-0.4, -0.2) is 85.7 Å². The number of likely N-dealkylation sites (tertiary alicyclic amines) is 1. The molecule has 250 valence electrons. The number of amides is 1. The molecule has 10 nitrogen and oxygen atoms in total. The minimum absolute atomic E-state index is 0.168. The number of aromatic nitrogens is 5. The molecule has 0 spiro atoms. The summed E-state index contributed by atoms with van der Waals surface area (Å²) in [7, 11) is 0. The first-order valence-corrected chi connectivity index (χ1v) is 17.9. The van der Waals surface area contributed by atoms with Crippen LogP contribution in [0.4, 0.5) is 15.2 Å². The van der Waals surface area contributed by atoms with Crippen LogP contribution in [0.1, 0.15) is 30.3 Å². The van der Waals surface area contributed by atoms with E-state index in [0.717, 1.165) is 56.7 Å². The Hall–Kier alpha value is -3.55. The van der Waals surface area contributed by atoms with Gasteiger partial charge in [0.2, 0.25) is 0 Å². The number of carbonyl (C=O) groups is 1. The third-order valence-electron chi connectivity index (χ3n) is 9.91. The van der Waals surface area contributed by atoms with E-state index in [1.165, 1.54) is 21.7 Å². The highest BCUT2D eigenvalue weighted by Gasteiger charge is 2.35. The van der Waals surface area contributed by atoms with E-state index in [9.17, 15) is 14.3 Å². The molecule has 6 heterocycles. The zero-order valence-electron chi connectivity index (χ0n) is 26.1. The number of hydrogen-bond donors (Lipinski definition) is 2. The van der Waals surface area contributed by atoms with Crippen LogP contribution in [0.15, 0.2) is 54.4 Å². The average Bonchev–Trinajstić information content (AvgIpc) is 3.88. The Kier molecular flexibility index (Phi) is 8.62. The first-order chi connectivity index (χ1) is 23.3. The number of nitrogens with zero attached hydrogens (tertiary/aromatic N) is 7. The van der Waals surface area contributed by atoms with Gasteiger partial charge in [0.05, 0.1) is 28.6 Å².